The lowest BCUT2D eigenvalue weighted by Gasteiger charge is -2.36. The molecular formula is C61H71N7O9S. The summed E-state index contributed by atoms with van der Waals surface area (Å²) < 4.78 is 18.1. The maximum Gasteiger partial charge on any atom is 0.255 e. The maximum atomic E-state index is 14.6. The molecule has 0 spiro atoms. The summed E-state index contributed by atoms with van der Waals surface area (Å²) in [6.45, 7) is 18.2. The zero-order valence-electron chi connectivity index (χ0n) is 45.8. The van der Waals surface area contributed by atoms with Crippen molar-refractivity contribution in [2.45, 2.75) is 118 Å². The minimum Gasteiger partial charge on any atom is -0.490 e. The molecule has 0 aliphatic carbocycles. The van der Waals surface area contributed by atoms with Crippen LogP contribution >= 0.6 is 11.3 Å². The van der Waals surface area contributed by atoms with Gasteiger partial charge in [-0.1, -0.05) is 62.4 Å². The number of nitrogens with one attached hydrogen (secondary N) is 3. The molecule has 0 saturated carbocycles. The van der Waals surface area contributed by atoms with Crippen LogP contribution in [0.5, 0.6) is 11.5 Å². The summed E-state index contributed by atoms with van der Waals surface area (Å²) in [4.78, 5) is 83.6. The van der Waals surface area contributed by atoms with Gasteiger partial charge in [-0.25, -0.2) is 4.98 Å². The Kier molecular flexibility index (Phi) is 17.1. The number of fused-ring (bicyclic) bond motifs is 1. The lowest BCUT2D eigenvalue weighted by molar-refractivity contribution is -0.143. The van der Waals surface area contributed by atoms with Crippen LogP contribution in [0.1, 0.15) is 113 Å². The Morgan fingerprint density at radius 1 is 0.885 bits per heavy atom. The molecule has 78 heavy (non-hydrogen) atoms. The number of rotatable bonds is 19. The van der Waals surface area contributed by atoms with Crippen LogP contribution in [0, 0.1) is 33.6 Å². The number of anilines is 1. The molecule has 3 aliphatic rings. The molecule has 2 aromatic heterocycles. The summed E-state index contributed by atoms with van der Waals surface area (Å²) in [5, 5.41) is 16.9. The van der Waals surface area contributed by atoms with E-state index in [4.69, 9.17) is 14.2 Å². The summed E-state index contributed by atoms with van der Waals surface area (Å²) in [5.74, 6) is -1.08. The van der Waals surface area contributed by atoms with Crippen molar-refractivity contribution in [1.82, 2.24) is 30.4 Å². The molecule has 9 rings (SSSR count). The van der Waals surface area contributed by atoms with Crippen molar-refractivity contribution in [3.05, 3.63) is 151 Å². The predicted octanol–water partition coefficient (Wildman–Crippen LogP) is 8.61. The third kappa shape index (κ3) is 12.0. The first-order chi connectivity index (χ1) is 37.5. The van der Waals surface area contributed by atoms with Gasteiger partial charge in [-0.2, -0.15) is 0 Å². The molecule has 0 bridgehead atoms. The van der Waals surface area contributed by atoms with Crippen molar-refractivity contribution < 1.29 is 38.5 Å². The van der Waals surface area contributed by atoms with Gasteiger partial charge in [0.2, 0.25) is 11.8 Å². The highest BCUT2D eigenvalue weighted by Gasteiger charge is 2.46. The fourth-order valence-electron chi connectivity index (χ4n) is 11.2. The number of aryl methyl sites for hydroxylation is 4. The number of ether oxygens (including phenoxy) is 3. The summed E-state index contributed by atoms with van der Waals surface area (Å²) in [7, 11) is 0. The summed E-state index contributed by atoms with van der Waals surface area (Å²) >= 11 is 1.57. The van der Waals surface area contributed by atoms with Gasteiger partial charge in [0.05, 0.1) is 33.8 Å². The minimum absolute atomic E-state index is 0.0167. The molecule has 2 fully saturated rings. The van der Waals surface area contributed by atoms with Gasteiger partial charge in [0.25, 0.3) is 17.4 Å². The molecule has 4 amide bonds. The van der Waals surface area contributed by atoms with E-state index in [1.807, 2.05) is 95.6 Å². The lowest BCUT2D eigenvalue weighted by Crippen LogP contribution is -2.55. The number of pyridine rings is 1. The number of β-amino-alcohol motifs (C(OH)–C–C–N with tert-alkyl or cyclic N) is 1. The number of hydrogen-bond acceptors (Lipinski definition) is 12. The SMILES string of the molecule is CCN(c1cc(-c2ccc(OCCOc3ccc4c(c3)C(=O)N([C@H](C(=O)N3C[C@H](O)C[C@H]3C(=O)N[C@@H](C)c3ccc(-c5scnc5C)cc3)C(C)C)C4)c(C(=O)NCc3c(C)cc(C)[nH]c3=O)c2)ccc1C)C1CCOCC1. The number of nitrogens with zero attached hydrogens (tertiary/aromatic N) is 4. The van der Waals surface area contributed by atoms with E-state index in [0.717, 1.165) is 93.5 Å². The first kappa shape index (κ1) is 55.4. The highest BCUT2D eigenvalue weighted by Crippen LogP contribution is 2.36. The Labute approximate surface area is 460 Å². The Balaban J connectivity index is 0.862. The van der Waals surface area contributed by atoms with Crippen molar-refractivity contribution in [3.63, 3.8) is 0 Å². The zero-order chi connectivity index (χ0) is 55.4. The van der Waals surface area contributed by atoms with E-state index in [1.54, 1.807) is 34.4 Å². The molecule has 4 atom stereocenters. The fraction of sp³-hybridized carbons (Fsp3) is 0.410. The number of carbonyl (C=O) groups excluding carboxylic acids is 4. The third-order valence-electron chi connectivity index (χ3n) is 15.4. The van der Waals surface area contributed by atoms with Gasteiger partial charge >= 0.3 is 0 Å². The Morgan fingerprint density at radius 2 is 1.60 bits per heavy atom. The van der Waals surface area contributed by atoms with Crippen LogP contribution in [-0.4, -0.2) is 112 Å². The quantitative estimate of drug-likeness (QED) is 0.0567. The third-order valence-corrected chi connectivity index (χ3v) is 16.3. The number of thiazole rings is 1. The van der Waals surface area contributed by atoms with E-state index < -0.39 is 30.0 Å². The highest BCUT2D eigenvalue weighted by atomic mass is 32.1. The van der Waals surface area contributed by atoms with Gasteiger partial charge in [-0.3, -0.25) is 24.0 Å². The van der Waals surface area contributed by atoms with Crippen LogP contribution < -0.4 is 30.6 Å². The van der Waals surface area contributed by atoms with E-state index in [1.165, 1.54) is 4.90 Å². The van der Waals surface area contributed by atoms with E-state index in [9.17, 15) is 29.1 Å². The van der Waals surface area contributed by atoms with E-state index >= 15 is 0 Å². The van der Waals surface area contributed by atoms with Gasteiger partial charge in [-0.05, 0) is 136 Å². The van der Waals surface area contributed by atoms with Crippen LogP contribution in [0.4, 0.5) is 5.69 Å². The second-order valence-electron chi connectivity index (χ2n) is 21.1. The molecule has 16 nitrogen and oxygen atoms in total. The molecule has 6 aromatic rings. The number of amides is 4. The zero-order valence-corrected chi connectivity index (χ0v) is 46.6. The average Bonchev–Trinajstić information content (AvgIpc) is 4.19. The van der Waals surface area contributed by atoms with Gasteiger partial charge in [-0.15, -0.1) is 11.3 Å². The second-order valence-corrected chi connectivity index (χ2v) is 22.0. The molecule has 4 N–H and O–H groups in total. The van der Waals surface area contributed by atoms with Crippen LogP contribution in [-0.2, 0) is 27.4 Å². The summed E-state index contributed by atoms with van der Waals surface area (Å²) in [5.41, 5.74) is 11.9. The standard InChI is InChI=1S/C61H71N7O9S/c1-9-66(46-20-22-75-23-21-46)52-28-44(11-10-36(52)4)43-17-19-54(50(27-43)57(70)62-31-51-37(5)26-38(6)64-58(51)71)77-25-24-76-48-18-16-45-32-68(60(73)49(45)30-48)55(35(2)3)61(74)67-33-47(69)29-53(67)59(72)65-39(7)41-12-14-42(15-13-41)56-40(8)63-34-78-56/h10-19,26-28,30,34-35,39,46-47,53,55,69H,9,20-25,29,31-33H2,1-8H3,(H,62,70)(H,64,71)(H,65,72)/t39-,47+,53-,55-/m0/s1. The monoisotopic (exact) mass is 1080 g/mol. The molecule has 3 aliphatic heterocycles. The number of aliphatic hydroxyl groups excluding tert-OH is 1. The Hall–Kier alpha value is -7.34. The summed E-state index contributed by atoms with van der Waals surface area (Å²) in [6, 6.07) is 25.1. The number of hydrogen-bond donors (Lipinski definition) is 4. The Morgan fingerprint density at radius 3 is 2.31 bits per heavy atom. The van der Waals surface area contributed by atoms with Gasteiger partial charge in [0.15, 0.2) is 0 Å². The second kappa shape index (κ2) is 24.1. The first-order valence-corrected chi connectivity index (χ1v) is 27.9. The molecule has 17 heteroatoms. The van der Waals surface area contributed by atoms with Gasteiger partial charge in [0, 0.05) is 74.4 Å². The molecule has 2 saturated heterocycles. The average molecular weight is 1080 g/mol. The predicted molar refractivity (Wildman–Crippen MR) is 302 cm³/mol. The molecule has 5 heterocycles. The largest absolute Gasteiger partial charge is 0.490 e. The van der Waals surface area contributed by atoms with Crippen LogP contribution in [0.15, 0.2) is 95.2 Å². The molecular weight excluding hydrogens is 1010 g/mol. The van der Waals surface area contributed by atoms with Crippen molar-refractivity contribution in [1.29, 1.82) is 0 Å². The fourth-order valence-corrected chi connectivity index (χ4v) is 12.0. The van der Waals surface area contributed by atoms with E-state index in [-0.39, 0.29) is 68.6 Å². The molecule has 4 aromatic carbocycles. The molecule has 0 unspecified atom stereocenters. The van der Waals surface area contributed by atoms with Crippen molar-refractivity contribution in [2.75, 3.05) is 44.4 Å². The minimum atomic E-state index is -0.921. The van der Waals surface area contributed by atoms with Gasteiger partial charge in [0.1, 0.15) is 36.8 Å². The van der Waals surface area contributed by atoms with Crippen molar-refractivity contribution in [2.24, 2.45) is 5.92 Å². The van der Waals surface area contributed by atoms with Crippen LogP contribution in [0.25, 0.3) is 21.6 Å². The first-order valence-electron chi connectivity index (χ1n) is 27.0. The smallest absolute Gasteiger partial charge is 0.255 e. The maximum absolute atomic E-state index is 14.6. The van der Waals surface area contributed by atoms with E-state index in [0.29, 0.717) is 34.2 Å². The number of aromatic amines is 1. The number of aromatic nitrogens is 2. The lowest BCUT2D eigenvalue weighted by atomic mass is 9.98. The number of carbonyl (C=O) groups is 4. The van der Waals surface area contributed by atoms with Crippen LogP contribution in [0.2, 0.25) is 0 Å². The highest BCUT2D eigenvalue weighted by molar-refractivity contribution is 7.13. The normalized spacial score (nSPS) is 17.2. The summed E-state index contributed by atoms with van der Waals surface area (Å²) in [6.07, 6.45) is 1.08. The molecule has 0 radical (unpaired) electrons. The van der Waals surface area contributed by atoms with Crippen molar-refractivity contribution >= 4 is 40.7 Å². The Bertz CT molecular complexity index is 3240. The topological polar surface area (TPSA) is 196 Å². The number of aliphatic hydroxyl groups is 1. The number of benzene rings is 4. The van der Waals surface area contributed by atoms with Crippen LogP contribution in [0.3, 0.4) is 0 Å². The van der Waals surface area contributed by atoms with Crippen molar-refractivity contribution in [3.8, 4) is 33.1 Å². The number of likely N-dealkylation sites (tertiary alicyclic amines) is 1. The molecule has 410 valence electrons. The number of H-pyrrole nitrogens is 1. The van der Waals surface area contributed by atoms with E-state index in [2.05, 4.69) is 57.5 Å². The van der Waals surface area contributed by atoms with Gasteiger partial charge < -0.3 is 49.6 Å².